The Morgan fingerprint density at radius 1 is 1.44 bits per heavy atom. The average molecular weight is 282 g/mol. The number of benzene rings is 1. The number of nitrogens with zero attached hydrogens (tertiary/aromatic N) is 1. The summed E-state index contributed by atoms with van der Waals surface area (Å²) < 4.78 is 12.9. The molecule has 1 aromatic carbocycles. The first-order chi connectivity index (χ1) is 8.56. The van der Waals surface area contributed by atoms with Gasteiger partial charge in [0.2, 0.25) is 0 Å². The fourth-order valence-corrected chi connectivity index (χ4v) is 3.24. The average Bonchev–Trinajstić information content (AvgIpc) is 2.76. The molecule has 0 aliphatic heterocycles. The molecule has 0 bridgehead atoms. The van der Waals surface area contributed by atoms with Crippen LogP contribution in [0.5, 0.6) is 0 Å². The van der Waals surface area contributed by atoms with E-state index in [-0.39, 0.29) is 5.82 Å². The Labute approximate surface area is 114 Å². The topological polar surface area (TPSA) is 38.9 Å². The minimum Gasteiger partial charge on any atom is -0.398 e. The molecule has 0 saturated heterocycles. The van der Waals surface area contributed by atoms with Crippen LogP contribution in [0.1, 0.15) is 30.5 Å². The van der Waals surface area contributed by atoms with E-state index in [0.29, 0.717) is 11.6 Å². The van der Waals surface area contributed by atoms with Gasteiger partial charge in [0.15, 0.2) is 0 Å². The number of nitrogen functional groups attached to an aromatic ring is 1. The Hall–Kier alpha value is -1.07. The summed E-state index contributed by atoms with van der Waals surface area (Å²) in [7, 11) is 0. The molecule has 0 unspecified atom stereocenters. The fourth-order valence-electron chi connectivity index (χ4n) is 1.46. The summed E-state index contributed by atoms with van der Waals surface area (Å²) >= 11 is 3.27. The standard InChI is InChI=1S/C13H15FN2S2/c1-8(2)13-16-10(7-18-13)6-17-12-4-3-9(14)5-11(12)15/h3-5,7-8H,6,15H2,1-2H3. The largest absolute Gasteiger partial charge is 0.398 e. The smallest absolute Gasteiger partial charge is 0.125 e. The lowest BCUT2D eigenvalue weighted by atomic mass is 10.2. The molecule has 1 aromatic heterocycles. The molecule has 0 fully saturated rings. The lowest BCUT2D eigenvalue weighted by Crippen LogP contribution is -1.91. The van der Waals surface area contributed by atoms with E-state index in [9.17, 15) is 4.39 Å². The van der Waals surface area contributed by atoms with Gasteiger partial charge in [-0.3, -0.25) is 0 Å². The molecule has 2 aromatic rings. The van der Waals surface area contributed by atoms with E-state index in [1.807, 2.05) is 0 Å². The number of nitrogens with two attached hydrogens (primary N) is 1. The monoisotopic (exact) mass is 282 g/mol. The molecule has 0 saturated carbocycles. The van der Waals surface area contributed by atoms with Crippen LogP contribution >= 0.6 is 23.1 Å². The minimum atomic E-state index is -0.299. The number of thioether (sulfide) groups is 1. The van der Waals surface area contributed by atoms with Gasteiger partial charge < -0.3 is 5.73 Å². The molecule has 2 nitrogen and oxygen atoms in total. The molecule has 0 atom stereocenters. The van der Waals surface area contributed by atoms with E-state index in [1.165, 1.54) is 12.1 Å². The summed E-state index contributed by atoms with van der Waals surface area (Å²) in [6.07, 6.45) is 0. The molecule has 0 aliphatic carbocycles. The van der Waals surface area contributed by atoms with Crippen molar-refractivity contribution in [3.63, 3.8) is 0 Å². The summed E-state index contributed by atoms with van der Waals surface area (Å²) in [6, 6.07) is 4.49. The molecule has 96 valence electrons. The second-order valence-corrected chi connectivity index (χ2v) is 6.21. The molecule has 0 radical (unpaired) electrons. The first-order valence-corrected chi connectivity index (χ1v) is 7.55. The first-order valence-electron chi connectivity index (χ1n) is 5.68. The van der Waals surface area contributed by atoms with Gasteiger partial charge >= 0.3 is 0 Å². The van der Waals surface area contributed by atoms with Crippen LogP contribution in [0.25, 0.3) is 0 Å². The van der Waals surface area contributed by atoms with Gasteiger partial charge in [-0.2, -0.15) is 0 Å². The Kier molecular flexibility index (Phi) is 4.24. The van der Waals surface area contributed by atoms with E-state index in [1.54, 1.807) is 29.2 Å². The maximum Gasteiger partial charge on any atom is 0.125 e. The van der Waals surface area contributed by atoms with E-state index < -0.39 is 0 Å². The van der Waals surface area contributed by atoms with Gasteiger partial charge in [-0.25, -0.2) is 9.37 Å². The molecular formula is C13H15FN2S2. The Bertz CT molecular complexity index is 538. The summed E-state index contributed by atoms with van der Waals surface area (Å²) in [5.74, 6) is 0.927. The van der Waals surface area contributed by atoms with Crippen molar-refractivity contribution in [2.75, 3.05) is 5.73 Å². The molecular weight excluding hydrogens is 267 g/mol. The summed E-state index contributed by atoms with van der Waals surface area (Å²) in [5, 5.41) is 3.22. The maximum absolute atomic E-state index is 12.9. The molecule has 5 heteroatoms. The zero-order valence-corrected chi connectivity index (χ0v) is 11.9. The highest BCUT2D eigenvalue weighted by molar-refractivity contribution is 7.98. The zero-order valence-electron chi connectivity index (χ0n) is 10.3. The highest BCUT2D eigenvalue weighted by Gasteiger charge is 2.07. The molecule has 0 aliphatic rings. The van der Waals surface area contributed by atoms with Gasteiger partial charge in [-0.15, -0.1) is 23.1 Å². The van der Waals surface area contributed by atoms with Crippen molar-refractivity contribution in [1.29, 1.82) is 0 Å². The van der Waals surface area contributed by atoms with Crippen molar-refractivity contribution in [2.24, 2.45) is 0 Å². The van der Waals surface area contributed by atoms with Crippen molar-refractivity contribution in [3.8, 4) is 0 Å². The zero-order chi connectivity index (χ0) is 13.1. The van der Waals surface area contributed by atoms with Gasteiger partial charge in [-0.1, -0.05) is 13.8 Å². The fraction of sp³-hybridized carbons (Fsp3) is 0.308. The van der Waals surface area contributed by atoms with Gasteiger partial charge in [0.05, 0.1) is 10.7 Å². The highest BCUT2D eigenvalue weighted by atomic mass is 32.2. The van der Waals surface area contributed by atoms with Gasteiger partial charge in [-0.05, 0) is 18.2 Å². The number of halogens is 1. The Morgan fingerprint density at radius 2 is 2.22 bits per heavy atom. The minimum absolute atomic E-state index is 0.299. The second-order valence-electron chi connectivity index (χ2n) is 4.30. The van der Waals surface area contributed by atoms with Crippen molar-refractivity contribution < 1.29 is 4.39 Å². The van der Waals surface area contributed by atoms with E-state index in [0.717, 1.165) is 21.3 Å². The molecule has 18 heavy (non-hydrogen) atoms. The van der Waals surface area contributed by atoms with Crippen molar-refractivity contribution in [3.05, 3.63) is 40.1 Å². The van der Waals surface area contributed by atoms with Crippen LogP contribution in [0.2, 0.25) is 0 Å². The van der Waals surface area contributed by atoms with Gasteiger partial charge in [0.25, 0.3) is 0 Å². The summed E-state index contributed by atoms with van der Waals surface area (Å²) in [6.45, 7) is 4.27. The van der Waals surface area contributed by atoms with Gasteiger partial charge in [0.1, 0.15) is 5.82 Å². The first kappa shape index (κ1) is 13.4. The maximum atomic E-state index is 12.9. The number of hydrogen-bond donors (Lipinski definition) is 1. The van der Waals surface area contributed by atoms with Crippen LogP contribution in [0.4, 0.5) is 10.1 Å². The third kappa shape index (κ3) is 3.23. The highest BCUT2D eigenvalue weighted by Crippen LogP contribution is 2.29. The predicted octanol–water partition coefficient (Wildman–Crippen LogP) is 4.28. The van der Waals surface area contributed by atoms with Crippen LogP contribution in [0.15, 0.2) is 28.5 Å². The van der Waals surface area contributed by atoms with E-state index in [2.05, 4.69) is 24.2 Å². The van der Waals surface area contributed by atoms with Crippen LogP contribution in [-0.2, 0) is 5.75 Å². The predicted molar refractivity (Wildman–Crippen MR) is 76.6 cm³/mol. The SMILES string of the molecule is CC(C)c1nc(CSc2ccc(F)cc2N)cs1. The Morgan fingerprint density at radius 3 is 2.83 bits per heavy atom. The lowest BCUT2D eigenvalue weighted by Gasteiger charge is -2.04. The number of thiazole rings is 1. The van der Waals surface area contributed by atoms with E-state index >= 15 is 0 Å². The lowest BCUT2D eigenvalue weighted by molar-refractivity contribution is 0.627. The Balaban J connectivity index is 2.02. The third-order valence-corrected chi connectivity index (χ3v) is 4.73. The molecule has 2 N–H and O–H groups in total. The van der Waals surface area contributed by atoms with Crippen LogP contribution in [0.3, 0.4) is 0 Å². The normalized spacial score (nSPS) is 11.1. The summed E-state index contributed by atoms with van der Waals surface area (Å²) in [4.78, 5) is 5.45. The number of rotatable bonds is 4. The number of hydrogen-bond acceptors (Lipinski definition) is 4. The summed E-state index contributed by atoms with van der Waals surface area (Å²) in [5.41, 5.74) is 7.30. The van der Waals surface area contributed by atoms with Crippen molar-refractivity contribution >= 4 is 28.8 Å². The molecule has 1 heterocycles. The van der Waals surface area contributed by atoms with Crippen molar-refractivity contribution in [2.45, 2.75) is 30.4 Å². The number of aromatic nitrogens is 1. The van der Waals surface area contributed by atoms with Crippen LogP contribution in [-0.4, -0.2) is 4.98 Å². The van der Waals surface area contributed by atoms with Crippen LogP contribution < -0.4 is 5.73 Å². The molecule has 2 rings (SSSR count). The third-order valence-electron chi connectivity index (χ3n) is 2.41. The molecule has 0 amide bonds. The second kappa shape index (κ2) is 5.71. The molecule has 0 spiro atoms. The quantitative estimate of drug-likeness (QED) is 0.672. The number of anilines is 1. The van der Waals surface area contributed by atoms with Crippen molar-refractivity contribution in [1.82, 2.24) is 4.98 Å². The van der Waals surface area contributed by atoms with Crippen LogP contribution in [0, 0.1) is 5.82 Å². The van der Waals surface area contributed by atoms with Gasteiger partial charge in [0, 0.05) is 27.6 Å². The van der Waals surface area contributed by atoms with E-state index in [4.69, 9.17) is 5.73 Å².